The van der Waals surface area contributed by atoms with Crippen molar-refractivity contribution in [3.05, 3.63) is 60.2 Å². The lowest BCUT2D eigenvalue weighted by atomic mass is 10.1. The van der Waals surface area contributed by atoms with Gasteiger partial charge in [-0.15, -0.1) is 0 Å². The summed E-state index contributed by atoms with van der Waals surface area (Å²) >= 11 is 0. The number of hydrogen-bond donors (Lipinski definition) is 2. The van der Waals surface area contributed by atoms with Crippen LogP contribution in [0.15, 0.2) is 54.6 Å². The summed E-state index contributed by atoms with van der Waals surface area (Å²) in [7, 11) is 0. The molecule has 126 valence electrons. The minimum absolute atomic E-state index is 0.00310. The Balaban J connectivity index is 1.54. The molecule has 2 aromatic carbocycles. The summed E-state index contributed by atoms with van der Waals surface area (Å²) in [5.74, 6) is 1.44. The number of nitrogens with two attached hydrogens (primary N) is 1. The number of ether oxygens (including phenoxy) is 2. The molecule has 3 rings (SSSR count). The van der Waals surface area contributed by atoms with Crippen LogP contribution in [0.1, 0.15) is 18.4 Å². The fraction of sp³-hybridized carbons (Fsp3) is 0.316. The molecule has 1 aliphatic heterocycles. The molecule has 5 heteroatoms. The lowest BCUT2D eigenvalue weighted by Gasteiger charge is -2.13. The summed E-state index contributed by atoms with van der Waals surface area (Å²) in [6.45, 7) is 0.903. The summed E-state index contributed by atoms with van der Waals surface area (Å²) in [6.07, 6.45) is 1.19. The zero-order valence-electron chi connectivity index (χ0n) is 13.5. The van der Waals surface area contributed by atoms with Gasteiger partial charge in [-0.3, -0.25) is 4.79 Å². The first-order valence-electron chi connectivity index (χ1n) is 8.19. The number of nitrogens with one attached hydrogen (secondary N) is 1. The fourth-order valence-corrected chi connectivity index (χ4v) is 2.72. The standard InChI is InChI=1S/C19H22N2O3/c20-12-17-9-10-18(24-17)19(22)21-13-14-5-4-8-16(11-14)23-15-6-2-1-3-7-15/h1-8,11,17-18H,9-10,12-13,20H2,(H,21,22)/t17-,18+/m1/s1. The van der Waals surface area contributed by atoms with Gasteiger partial charge in [0.05, 0.1) is 6.10 Å². The van der Waals surface area contributed by atoms with Crippen LogP contribution in [0, 0.1) is 0 Å². The number of benzene rings is 2. The highest BCUT2D eigenvalue weighted by Crippen LogP contribution is 2.22. The maximum Gasteiger partial charge on any atom is 0.249 e. The van der Waals surface area contributed by atoms with Crippen molar-refractivity contribution < 1.29 is 14.3 Å². The first-order chi connectivity index (χ1) is 11.7. The first kappa shape index (κ1) is 16.5. The molecule has 3 N–H and O–H groups in total. The normalized spacial score (nSPS) is 19.9. The second-order valence-corrected chi connectivity index (χ2v) is 5.84. The summed E-state index contributed by atoms with van der Waals surface area (Å²) < 4.78 is 11.4. The Kier molecular flexibility index (Phi) is 5.46. The molecule has 1 heterocycles. The molecule has 0 spiro atoms. The summed E-state index contributed by atoms with van der Waals surface area (Å²) in [6, 6.07) is 17.3. The van der Waals surface area contributed by atoms with Gasteiger partial charge in [-0.2, -0.15) is 0 Å². The number of carbonyl (C=O) groups excluding carboxylic acids is 1. The number of carbonyl (C=O) groups is 1. The van der Waals surface area contributed by atoms with Crippen molar-refractivity contribution in [1.29, 1.82) is 0 Å². The highest BCUT2D eigenvalue weighted by atomic mass is 16.5. The van der Waals surface area contributed by atoms with E-state index in [1.54, 1.807) is 0 Å². The van der Waals surface area contributed by atoms with E-state index < -0.39 is 0 Å². The van der Waals surface area contributed by atoms with Crippen LogP contribution in [-0.2, 0) is 16.1 Å². The van der Waals surface area contributed by atoms with Gasteiger partial charge in [0.1, 0.15) is 17.6 Å². The molecule has 2 aromatic rings. The molecule has 0 saturated carbocycles. The monoisotopic (exact) mass is 326 g/mol. The average molecular weight is 326 g/mol. The van der Waals surface area contributed by atoms with E-state index in [0.29, 0.717) is 13.1 Å². The van der Waals surface area contributed by atoms with E-state index in [0.717, 1.165) is 29.9 Å². The summed E-state index contributed by atoms with van der Waals surface area (Å²) in [5.41, 5.74) is 6.55. The van der Waals surface area contributed by atoms with Gasteiger partial charge in [0.2, 0.25) is 5.91 Å². The Hall–Kier alpha value is -2.37. The van der Waals surface area contributed by atoms with E-state index in [-0.39, 0.29) is 18.1 Å². The van der Waals surface area contributed by atoms with E-state index >= 15 is 0 Å². The Morgan fingerprint density at radius 1 is 1.12 bits per heavy atom. The van der Waals surface area contributed by atoms with Crippen LogP contribution < -0.4 is 15.8 Å². The molecule has 1 aliphatic rings. The largest absolute Gasteiger partial charge is 0.457 e. The topological polar surface area (TPSA) is 73.6 Å². The number of rotatable bonds is 6. The molecule has 0 unspecified atom stereocenters. The molecule has 1 saturated heterocycles. The molecule has 2 atom stereocenters. The van der Waals surface area contributed by atoms with Gasteiger partial charge in [0.25, 0.3) is 0 Å². The third-order valence-corrected chi connectivity index (χ3v) is 4.01. The summed E-state index contributed by atoms with van der Waals surface area (Å²) in [5, 5.41) is 2.92. The lowest BCUT2D eigenvalue weighted by Crippen LogP contribution is -2.35. The van der Waals surface area contributed by atoms with Crippen LogP contribution in [0.2, 0.25) is 0 Å². The molecule has 0 bridgehead atoms. The zero-order chi connectivity index (χ0) is 16.8. The molecule has 1 amide bonds. The van der Waals surface area contributed by atoms with Gasteiger partial charge in [0.15, 0.2) is 0 Å². The van der Waals surface area contributed by atoms with Crippen molar-refractivity contribution in [2.45, 2.75) is 31.6 Å². The van der Waals surface area contributed by atoms with Crippen molar-refractivity contribution in [1.82, 2.24) is 5.32 Å². The van der Waals surface area contributed by atoms with Crippen LogP contribution in [-0.4, -0.2) is 24.7 Å². The van der Waals surface area contributed by atoms with Crippen molar-refractivity contribution in [2.24, 2.45) is 5.73 Å². The predicted octanol–water partition coefficient (Wildman–Crippen LogP) is 2.60. The van der Waals surface area contributed by atoms with Gasteiger partial charge >= 0.3 is 0 Å². The number of amides is 1. The second kappa shape index (κ2) is 7.95. The van der Waals surface area contributed by atoms with Crippen LogP contribution >= 0.6 is 0 Å². The maximum atomic E-state index is 12.1. The van der Waals surface area contributed by atoms with E-state index in [2.05, 4.69) is 5.32 Å². The second-order valence-electron chi connectivity index (χ2n) is 5.84. The van der Waals surface area contributed by atoms with E-state index in [9.17, 15) is 4.79 Å². The molecule has 0 radical (unpaired) electrons. The summed E-state index contributed by atoms with van der Waals surface area (Å²) in [4.78, 5) is 12.1. The Morgan fingerprint density at radius 2 is 1.92 bits per heavy atom. The lowest BCUT2D eigenvalue weighted by molar-refractivity contribution is -0.132. The zero-order valence-corrected chi connectivity index (χ0v) is 13.5. The fourth-order valence-electron chi connectivity index (χ4n) is 2.72. The van der Waals surface area contributed by atoms with Crippen molar-refractivity contribution >= 4 is 5.91 Å². The van der Waals surface area contributed by atoms with Gasteiger partial charge < -0.3 is 20.5 Å². The van der Waals surface area contributed by atoms with E-state index in [1.807, 2.05) is 54.6 Å². The van der Waals surface area contributed by atoms with E-state index in [4.69, 9.17) is 15.2 Å². The molecule has 0 aliphatic carbocycles. The molecular formula is C19H22N2O3. The molecule has 0 aromatic heterocycles. The van der Waals surface area contributed by atoms with E-state index in [1.165, 1.54) is 0 Å². The van der Waals surface area contributed by atoms with Crippen LogP contribution in [0.3, 0.4) is 0 Å². The Labute approximate surface area is 141 Å². The van der Waals surface area contributed by atoms with Crippen molar-refractivity contribution in [2.75, 3.05) is 6.54 Å². The predicted molar refractivity (Wildman–Crippen MR) is 91.8 cm³/mol. The minimum Gasteiger partial charge on any atom is -0.457 e. The van der Waals surface area contributed by atoms with Gasteiger partial charge in [0, 0.05) is 13.1 Å². The van der Waals surface area contributed by atoms with Crippen LogP contribution in [0.4, 0.5) is 0 Å². The third kappa shape index (κ3) is 4.34. The highest BCUT2D eigenvalue weighted by Gasteiger charge is 2.29. The van der Waals surface area contributed by atoms with Gasteiger partial charge in [-0.05, 0) is 42.7 Å². The van der Waals surface area contributed by atoms with Crippen molar-refractivity contribution in [3.8, 4) is 11.5 Å². The Bertz CT molecular complexity index is 675. The number of para-hydroxylation sites is 1. The number of hydrogen-bond acceptors (Lipinski definition) is 4. The third-order valence-electron chi connectivity index (χ3n) is 4.01. The van der Waals surface area contributed by atoms with Crippen LogP contribution in [0.25, 0.3) is 0 Å². The SMILES string of the molecule is NC[C@H]1CC[C@@H](C(=O)NCc2cccc(Oc3ccccc3)c2)O1. The highest BCUT2D eigenvalue weighted by molar-refractivity contribution is 5.81. The average Bonchev–Trinajstić information content (AvgIpc) is 3.10. The molecule has 5 nitrogen and oxygen atoms in total. The minimum atomic E-state index is -0.387. The van der Waals surface area contributed by atoms with Gasteiger partial charge in [-0.25, -0.2) is 0 Å². The molecule has 1 fully saturated rings. The maximum absolute atomic E-state index is 12.1. The van der Waals surface area contributed by atoms with Gasteiger partial charge in [-0.1, -0.05) is 30.3 Å². The molecular weight excluding hydrogens is 304 g/mol. The van der Waals surface area contributed by atoms with Crippen LogP contribution in [0.5, 0.6) is 11.5 Å². The van der Waals surface area contributed by atoms with Crippen molar-refractivity contribution in [3.63, 3.8) is 0 Å². The first-order valence-corrected chi connectivity index (χ1v) is 8.19. The quantitative estimate of drug-likeness (QED) is 0.856. The smallest absolute Gasteiger partial charge is 0.249 e. The molecule has 24 heavy (non-hydrogen) atoms. The Morgan fingerprint density at radius 3 is 2.67 bits per heavy atom.